The van der Waals surface area contributed by atoms with Crippen LogP contribution < -0.4 is 20.1 Å². The molecule has 1 saturated heterocycles. The third-order valence-electron chi connectivity index (χ3n) is 5.02. The van der Waals surface area contributed by atoms with Gasteiger partial charge in [0.05, 0.1) is 6.54 Å². The zero-order chi connectivity index (χ0) is 20.6. The van der Waals surface area contributed by atoms with Gasteiger partial charge in [0.25, 0.3) is 0 Å². The Labute approximate surface area is 172 Å². The van der Waals surface area contributed by atoms with Crippen molar-refractivity contribution in [2.75, 3.05) is 64.3 Å². The highest BCUT2D eigenvalue weighted by molar-refractivity contribution is 5.91. The van der Waals surface area contributed by atoms with Crippen molar-refractivity contribution in [1.29, 1.82) is 0 Å². The van der Waals surface area contributed by atoms with E-state index >= 15 is 0 Å². The van der Waals surface area contributed by atoms with Crippen molar-refractivity contribution in [2.45, 2.75) is 20.3 Å². The smallest absolute Gasteiger partial charge is 0.234 e. The first kappa shape index (κ1) is 21.4. The van der Waals surface area contributed by atoms with E-state index in [1.807, 2.05) is 12.1 Å². The van der Waals surface area contributed by atoms with Crippen LogP contribution in [0.5, 0.6) is 11.5 Å². The largest absolute Gasteiger partial charge is 0.486 e. The molecule has 0 aromatic heterocycles. The van der Waals surface area contributed by atoms with E-state index in [1.54, 1.807) is 6.07 Å². The fourth-order valence-corrected chi connectivity index (χ4v) is 3.35. The van der Waals surface area contributed by atoms with Crippen molar-refractivity contribution in [2.24, 2.45) is 5.92 Å². The molecular weight excluding hydrogens is 372 g/mol. The lowest BCUT2D eigenvalue weighted by atomic mass is 10.2. The maximum Gasteiger partial charge on any atom is 0.234 e. The molecule has 29 heavy (non-hydrogen) atoms. The van der Waals surface area contributed by atoms with Gasteiger partial charge >= 0.3 is 0 Å². The van der Waals surface area contributed by atoms with Gasteiger partial charge in [0.1, 0.15) is 13.2 Å². The summed E-state index contributed by atoms with van der Waals surface area (Å²) in [7, 11) is 0. The summed E-state index contributed by atoms with van der Waals surface area (Å²) in [6.07, 6.45) is 0.434. The lowest BCUT2D eigenvalue weighted by Crippen LogP contribution is -2.50. The van der Waals surface area contributed by atoms with Gasteiger partial charge < -0.3 is 25.0 Å². The highest BCUT2D eigenvalue weighted by Crippen LogP contribution is 2.32. The highest BCUT2D eigenvalue weighted by atomic mass is 16.6. The number of anilines is 1. The number of hydrogen-bond acceptors (Lipinski definition) is 6. The molecule has 160 valence electrons. The predicted octanol–water partition coefficient (Wildman–Crippen LogP) is 1.18. The van der Waals surface area contributed by atoms with Gasteiger partial charge in [-0.2, -0.15) is 0 Å². The summed E-state index contributed by atoms with van der Waals surface area (Å²) >= 11 is 0. The van der Waals surface area contributed by atoms with Crippen molar-refractivity contribution in [3.8, 4) is 11.5 Å². The van der Waals surface area contributed by atoms with Crippen LogP contribution in [0.1, 0.15) is 20.3 Å². The van der Waals surface area contributed by atoms with Crippen molar-refractivity contribution >= 4 is 17.5 Å². The zero-order valence-corrected chi connectivity index (χ0v) is 17.4. The summed E-state index contributed by atoms with van der Waals surface area (Å²) in [4.78, 5) is 28.7. The number of benzene rings is 1. The van der Waals surface area contributed by atoms with Gasteiger partial charge in [0, 0.05) is 57.4 Å². The van der Waals surface area contributed by atoms with Gasteiger partial charge in [-0.15, -0.1) is 0 Å². The Morgan fingerprint density at radius 2 is 1.69 bits per heavy atom. The molecule has 1 aromatic rings. The Morgan fingerprint density at radius 3 is 2.41 bits per heavy atom. The number of carbonyl (C=O) groups is 2. The van der Waals surface area contributed by atoms with E-state index in [2.05, 4.69) is 34.3 Å². The Bertz CT molecular complexity index is 702. The van der Waals surface area contributed by atoms with Gasteiger partial charge in [-0.1, -0.05) is 13.8 Å². The van der Waals surface area contributed by atoms with E-state index < -0.39 is 0 Å². The summed E-state index contributed by atoms with van der Waals surface area (Å²) in [5.74, 6) is 1.92. The molecule has 0 saturated carbocycles. The van der Waals surface area contributed by atoms with Crippen LogP contribution in [0.4, 0.5) is 5.69 Å². The number of carbonyl (C=O) groups excluding carboxylic acids is 2. The molecule has 2 heterocycles. The molecule has 0 atom stereocenters. The zero-order valence-electron chi connectivity index (χ0n) is 17.4. The van der Waals surface area contributed by atoms with Crippen molar-refractivity contribution < 1.29 is 19.1 Å². The molecule has 0 spiro atoms. The van der Waals surface area contributed by atoms with Gasteiger partial charge in [0.2, 0.25) is 11.8 Å². The topological polar surface area (TPSA) is 83.1 Å². The van der Waals surface area contributed by atoms with Gasteiger partial charge in [-0.25, -0.2) is 0 Å². The normalized spacial score (nSPS) is 17.2. The minimum absolute atomic E-state index is 0.0165. The average Bonchev–Trinajstić information content (AvgIpc) is 2.72. The quantitative estimate of drug-likeness (QED) is 0.677. The molecule has 0 unspecified atom stereocenters. The number of hydrogen-bond donors (Lipinski definition) is 2. The number of nitrogens with one attached hydrogen (secondary N) is 2. The lowest BCUT2D eigenvalue weighted by Gasteiger charge is -2.34. The molecule has 8 heteroatoms. The molecule has 0 aliphatic carbocycles. The third-order valence-corrected chi connectivity index (χ3v) is 5.02. The van der Waals surface area contributed by atoms with Gasteiger partial charge in [0.15, 0.2) is 11.5 Å². The summed E-state index contributed by atoms with van der Waals surface area (Å²) in [5.41, 5.74) is 0.719. The summed E-state index contributed by atoms with van der Waals surface area (Å²) in [6, 6.07) is 5.45. The second-order valence-electron chi connectivity index (χ2n) is 7.97. The molecular formula is C21H32N4O4. The average molecular weight is 405 g/mol. The second kappa shape index (κ2) is 10.5. The van der Waals surface area contributed by atoms with Crippen molar-refractivity contribution in [3.05, 3.63) is 18.2 Å². The molecule has 3 rings (SSSR count). The van der Waals surface area contributed by atoms with Crippen molar-refractivity contribution in [3.63, 3.8) is 0 Å². The molecule has 1 aromatic carbocycles. The fourth-order valence-electron chi connectivity index (χ4n) is 3.35. The summed E-state index contributed by atoms with van der Waals surface area (Å²) < 4.78 is 11.0. The van der Waals surface area contributed by atoms with E-state index in [0.29, 0.717) is 50.1 Å². The molecule has 2 aliphatic rings. The van der Waals surface area contributed by atoms with Crippen LogP contribution in [0.2, 0.25) is 0 Å². The molecule has 1 fully saturated rings. The maximum atomic E-state index is 12.3. The minimum Gasteiger partial charge on any atom is -0.486 e. The van der Waals surface area contributed by atoms with Crippen LogP contribution >= 0.6 is 0 Å². The third kappa shape index (κ3) is 6.90. The Kier molecular flexibility index (Phi) is 7.71. The van der Waals surface area contributed by atoms with Crippen LogP contribution in [-0.2, 0) is 9.59 Å². The van der Waals surface area contributed by atoms with Crippen LogP contribution in [0, 0.1) is 5.92 Å². The number of ether oxygens (including phenoxy) is 2. The van der Waals surface area contributed by atoms with E-state index in [1.165, 1.54) is 0 Å². The maximum absolute atomic E-state index is 12.3. The Hall–Kier alpha value is -2.32. The molecule has 2 amide bonds. The van der Waals surface area contributed by atoms with E-state index in [0.717, 1.165) is 38.4 Å². The van der Waals surface area contributed by atoms with Crippen LogP contribution in [0.15, 0.2) is 18.2 Å². The first-order valence-electron chi connectivity index (χ1n) is 10.4. The molecule has 2 N–H and O–H groups in total. The lowest BCUT2D eigenvalue weighted by molar-refractivity contribution is -0.122. The number of amides is 2. The molecule has 2 aliphatic heterocycles. The monoisotopic (exact) mass is 404 g/mol. The second-order valence-corrected chi connectivity index (χ2v) is 7.97. The van der Waals surface area contributed by atoms with Crippen LogP contribution in [-0.4, -0.2) is 80.6 Å². The van der Waals surface area contributed by atoms with E-state index in [4.69, 9.17) is 9.47 Å². The number of piperazine rings is 1. The first-order valence-corrected chi connectivity index (χ1v) is 10.4. The summed E-state index contributed by atoms with van der Waals surface area (Å²) in [6.45, 7) is 10.6. The minimum atomic E-state index is -0.0165. The number of fused-ring (bicyclic) bond motifs is 1. The Balaban J connectivity index is 1.34. The van der Waals surface area contributed by atoms with E-state index in [9.17, 15) is 9.59 Å². The fraction of sp³-hybridized carbons (Fsp3) is 0.619. The SMILES string of the molecule is CC(C)CNC(=O)CN1CCN(CCC(=O)Nc2ccc3c(c2)OCCO3)CC1. The van der Waals surface area contributed by atoms with Gasteiger partial charge in [-0.05, 0) is 18.1 Å². The first-order chi connectivity index (χ1) is 14.0. The molecule has 0 radical (unpaired) electrons. The predicted molar refractivity (Wildman–Crippen MR) is 111 cm³/mol. The number of nitrogens with zero attached hydrogens (tertiary/aromatic N) is 2. The molecule has 8 nitrogen and oxygen atoms in total. The van der Waals surface area contributed by atoms with Gasteiger partial charge in [-0.3, -0.25) is 14.5 Å². The summed E-state index contributed by atoms with van der Waals surface area (Å²) in [5, 5.41) is 5.88. The number of rotatable bonds is 8. The standard InChI is InChI=1S/C21H32N4O4/c1-16(2)14-22-21(27)15-25-9-7-24(8-10-25)6-5-20(26)23-17-3-4-18-19(13-17)29-12-11-28-18/h3-4,13,16H,5-12,14-15H2,1-2H3,(H,22,27)(H,23,26). The van der Waals surface area contributed by atoms with Crippen LogP contribution in [0.3, 0.4) is 0 Å². The highest BCUT2D eigenvalue weighted by Gasteiger charge is 2.19. The Morgan fingerprint density at radius 1 is 1.00 bits per heavy atom. The molecule has 0 bridgehead atoms. The van der Waals surface area contributed by atoms with E-state index in [-0.39, 0.29) is 11.8 Å². The van der Waals surface area contributed by atoms with Crippen LogP contribution in [0.25, 0.3) is 0 Å². The van der Waals surface area contributed by atoms with Crippen molar-refractivity contribution in [1.82, 2.24) is 15.1 Å².